The van der Waals surface area contributed by atoms with Crippen molar-refractivity contribution in [2.75, 3.05) is 11.9 Å². The number of rotatable bonds is 9. The molecule has 2 N–H and O–H groups in total. The van der Waals surface area contributed by atoms with Crippen molar-refractivity contribution < 1.29 is 0 Å². The Morgan fingerprint density at radius 2 is 1.71 bits per heavy atom. The number of aromatic nitrogens is 6. The summed E-state index contributed by atoms with van der Waals surface area (Å²) in [5.74, 6) is 1.14. The molecule has 0 saturated heterocycles. The lowest BCUT2D eigenvalue weighted by Gasteiger charge is -2.07. The highest BCUT2D eigenvalue weighted by atomic mass is 16.1. The average Bonchev–Trinajstić information content (AvgIpc) is 3.45. The van der Waals surface area contributed by atoms with Gasteiger partial charge in [0.1, 0.15) is 5.82 Å². The maximum atomic E-state index is 13.0. The highest BCUT2D eigenvalue weighted by Gasteiger charge is 2.18. The minimum absolute atomic E-state index is 0.198. The van der Waals surface area contributed by atoms with E-state index in [9.17, 15) is 4.79 Å². The summed E-state index contributed by atoms with van der Waals surface area (Å²) in [6.45, 7) is 4.08. The predicted octanol–water partition coefficient (Wildman–Crippen LogP) is 4.10. The second-order valence-corrected chi connectivity index (χ2v) is 8.25. The van der Waals surface area contributed by atoms with Gasteiger partial charge in [0, 0.05) is 19.3 Å². The number of fused-ring (bicyclic) bond motifs is 1. The molecule has 0 radical (unpaired) electrons. The first-order chi connectivity index (χ1) is 16.7. The number of benzene rings is 2. The van der Waals surface area contributed by atoms with Crippen molar-refractivity contribution in [3.05, 3.63) is 94.5 Å². The second kappa shape index (κ2) is 9.74. The fourth-order valence-corrected chi connectivity index (χ4v) is 4.09. The lowest BCUT2D eigenvalue weighted by atomic mass is 10.1. The van der Waals surface area contributed by atoms with E-state index in [1.165, 1.54) is 11.1 Å². The zero-order valence-electron chi connectivity index (χ0n) is 19.1. The highest BCUT2D eigenvalue weighted by Crippen LogP contribution is 2.23. The summed E-state index contributed by atoms with van der Waals surface area (Å²) >= 11 is 0. The molecule has 34 heavy (non-hydrogen) atoms. The summed E-state index contributed by atoms with van der Waals surface area (Å²) in [5, 5.41) is 7.74. The van der Waals surface area contributed by atoms with Crippen molar-refractivity contribution in [3.8, 4) is 11.4 Å². The van der Waals surface area contributed by atoms with Gasteiger partial charge in [-0.1, -0.05) is 67.6 Å². The smallest absolute Gasteiger partial charge is 0.278 e. The van der Waals surface area contributed by atoms with Gasteiger partial charge in [-0.05, 0) is 24.0 Å². The molecule has 172 valence electrons. The average molecular weight is 454 g/mol. The van der Waals surface area contributed by atoms with E-state index >= 15 is 0 Å². The zero-order valence-corrected chi connectivity index (χ0v) is 19.1. The van der Waals surface area contributed by atoms with Crippen molar-refractivity contribution in [2.24, 2.45) is 0 Å². The van der Waals surface area contributed by atoms with Crippen LogP contribution >= 0.6 is 0 Å². The van der Waals surface area contributed by atoms with Crippen LogP contribution in [0, 0.1) is 0 Å². The third kappa shape index (κ3) is 4.61. The van der Waals surface area contributed by atoms with Crippen molar-refractivity contribution in [1.29, 1.82) is 0 Å². The van der Waals surface area contributed by atoms with E-state index in [1.54, 1.807) is 6.20 Å². The molecule has 0 bridgehead atoms. The molecule has 5 aromatic rings. The number of aromatic amines is 1. The Morgan fingerprint density at radius 1 is 0.971 bits per heavy atom. The molecule has 5 rings (SSSR count). The van der Waals surface area contributed by atoms with Crippen LogP contribution in [0.3, 0.4) is 0 Å². The molecule has 0 aliphatic carbocycles. The van der Waals surface area contributed by atoms with E-state index in [2.05, 4.69) is 51.6 Å². The number of imidazole rings is 1. The van der Waals surface area contributed by atoms with Crippen molar-refractivity contribution in [3.63, 3.8) is 0 Å². The normalized spacial score (nSPS) is 11.2. The molecule has 0 spiro atoms. The van der Waals surface area contributed by atoms with Crippen LogP contribution in [-0.2, 0) is 19.5 Å². The molecule has 3 heterocycles. The summed E-state index contributed by atoms with van der Waals surface area (Å²) < 4.78 is 3.83. The molecule has 0 saturated carbocycles. The molecule has 0 unspecified atom stereocenters. The summed E-state index contributed by atoms with van der Waals surface area (Å²) in [7, 11) is 0. The lowest BCUT2D eigenvalue weighted by Crippen LogP contribution is -2.17. The first-order valence-electron chi connectivity index (χ1n) is 11.6. The van der Waals surface area contributed by atoms with Crippen LogP contribution in [0.2, 0.25) is 0 Å². The van der Waals surface area contributed by atoms with E-state index in [-0.39, 0.29) is 5.56 Å². The lowest BCUT2D eigenvalue weighted by molar-refractivity contribution is 0.686. The van der Waals surface area contributed by atoms with Gasteiger partial charge in [0.05, 0.1) is 18.3 Å². The number of nitrogens with one attached hydrogen (secondary N) is 2. The van der Waals surface area contributed by atoms with Crippen LogP contribution in [0.15, 0.2) is 77.9 Å². The van der Waals surface area contributed by atoms with Gasteiger partial charge < -0.3 is 9.88 Å². The number of anilines is 1. The Morgan fingerprint density at radius 3 is 2.44 bits per heavy atom. The summed E-state index contributed by atoms with van der Waals surface area (Å²) in [6, 6.07) is 20.4. The van der Waals surface area contributed by atoms with Gasteiger partial charge in [0.25, 0.3) is 5.56 Å². The van der Waals surface area contributed by atoms with Crippen LogP contribution in [0.4, 0.5) is 5.95 Å². The number of H-pyrrole nitrogens is 1. The van der Waals surface area contributed by atoms with E-state index < -0.39 is 0 Å². The maximum Gasteiger partial charge on any atom is 0.278 e. The molecule has 0 aliphatic rings. The van der Waals surface area contributed by atoms with Gasteiger partial charge >= 0.3 is 0 Å². The minimum atomic E-state index is -0.198. The SMILES string of the molecule is CCCn1c(-c2cnn(Cc3ccccc3)c2)nc2nc(NCCc3ccccc3)[nH]c(=O)c21. The van der Waals surface area contributed by atoms with Crippen molar-refractivity contribution in [2.45, 2.75) is 32.9 Å². The molecule has 0 aliphatic heterocycles. The van der Waals surface area contributed by atoms with Gasteiger partial charge in [-0.25, -0.2) is 4.98 Å². The van der Waals surface area contributed by atoms with Crippen LogP contribution < -0.4 is 10.9 Å². The third-order valence-electron chi connectivity index (χ3n) is 5.69. The van der Waals surface area contributed by atoms with Crippen LogP contribution in [0.1, 0.15) is 24.5 Å². The Kier molecular flexibility index (Phi) is 6.20. The maximum absolute atomic E-state index is 13.0. The first kappa shape index (κ1) is 21.6. The largest absolute Gasteiger partial charge is 0.355 e. The molecule has 8 heteroatoms. The van der Waals surface area contributed by atoms with E-state index in [4.69, 9.17) is 4.98 Å². The molecule has 0 fully saturated rings. The van der Waals surface area contributed by atoms with Crippen LogP contribution in [-0.4, -0.2) is 35.8 Å². The van der Waals surface area contributed by atoms with Crippen molar-refractivity contribution >= 4 is 17.1 Å². The number of nitrogens with zero attached hydrogens (tertiary/aromatic N) is 5. The predicted molar refractivity (Wildman–Crippen MR) is 134 cm³/mol. The summed E-state index contributed by atoms with van der Waals surface area (Å²) in [4.78, 5) is 25.2. The van der Waals surface area contributed by atoms with E-state index in [0.717, 1.165) is 18.4 Å². The van der Waals surface area contributed by atoms with Crippen LogP contribution in [0.5, 0.6) is 0 Å². The molecule has 2 aromatic carbocycles. The standard InChI is InChI=1S/C26H27N7O/c1-2-15-33-22-23(30-26(31-25(22)34)27-14-13-19-9-5-3-6-10-19)29-24(33)21-16-28-32(18-21)17-20-11-7-4-8-12-20/h3-12,16,18H,2,13-15,17H2,1H3,(H2,27,30,31,34). The van der Waals surface area contributed by atoms with Gasteiger partial charge in [-0.3, -0.25) is 14.5 Å². The van der Waals surface area contributed by atoms with Gasteiger partial charge in [0.15, 0.2) is 11.2 Å². The Balaban J connectivity index is 1.42. The Hall–Kier alpha value is -4.20. The number of aryl methyl sites for hydroxylation is 1. The monoisotopic (exact) mass is 453 g/mol. The first-order valence-corrected chi connectivity index (χ1v) is 11.6. The minimum Gasteiger partial charge on any atom is -0.355 e. The highest BCUT2D eigenvalue weighted by molar-refractivity contribution is 5.77. The Bertz CT molecular complexity index is 1430. The zero-order chi connectivity index (χ0) is 23.3. The Labute approximate surface area is 197 Å². The fraction of sp³-hybridized carbons (Fsp3) is 0.231. The molecule has 0 atom stereocenters. The van der Waals surface area contributed by atoms with Gasteiger partial charge in [0.2, 0.25) is 5.95 Å². The molecule has 0 amide bonds. The van der Waals surface area contributed by atoms with E-state index in [1.807, 2.05) is 51.8 Å². The van der Waals surface area contributed by atoms with Gasteiger partial charge in [-0.2, -0.15) is 10.1 Å². The molecular formula is C26H27N7O. The second-order valence-electron chi connectivity index (χ2n) is 8.25. The van der Waals surface area contributed by atoms with Crippen LogP contribution in [0.25, 0.3) is 22.6 Å². The summed E-state index contributed by atoms with van der Waals surface area (Å²) in [5.41, 5.74) is 3.98. The van der Waals surface area contributed by atoms with Gasteiger partial charge in [-0.15, -0.1) is 0 Å². The molecular weight excluding hydrogens is 426 g/mol. The summed E-state index contributed by atoms with van der Waals surface area (Å²) in [6.07, 6.45) is 5.46. The molecule has 8 nitrogen and oxygen atoms in total. The third-order valence-corrected chi connectivity index (χ3v) is 5.69. The number of hydrogen-bond donors (Lipinski definition) is 2. The topological polar surface area (TPSA) is 93.4 Å². The molecule has 3 aromatic heterocycles. The fourth-order valence-electron chi connectivity index (χ4n) is 4.09. The quantitative estimate of drug-likeness (QED) is 0.351. The van der Waals surface area contributed by atoms with E-state index in [0.29, 0.717) is 42.6 Å². The van der Waals surface area contributed by atoms with Crippen molar-refractivity contribution in [1.82, 2.24) is 29.3 Å². The number of hydrogen-bond acceptors (Lipinski definition) is 5.